The van der Waals surface area contributed by atoms with Crippen LogP contribution < -0.4 is 9.47 Å². The molecule has 0 atom stereocenters. The molecule has 136 valence electrons. The van der Waals surface area contributed by atoms with E-state index in [9.17, 15) is 4.79 Å². The van der Waals surface area contributed by atoms with Crippen LogP contribution >= 0.6 is 0 Å². The van der Waals surface area contributed by atoms with E-state index in [4.69, 9.17) is 9.47 Å². The summed E-state index contributed by atoms with van der Waals surface area (Å²) in [5.74, 6) is 1.67. The fraction of sp³-hybridized carbons (Fsp3) is 0.409. The lowest BCUT2D eigenvalue weighted by Gasteiger charge is -2.23. The first-order valence-electron chi connectivity index (χ1n) is 9.53. The Hall–Kier alpha value is -2.49. The van der Waals surface area contributed by atoms with Crippen LogP contribution in [0.15, 0.2) is 42.5 Å². The number of unbranched alkanes of at least 4 members (excludes halogenated alkanes) is 1. The Balaban J connectivity index is 1.48. The van der Waals surface area contributed by atoms with Gasteiger partial charge < -0.3 is 14.4 Å². The highest BCUT2D eigenvalue weighted by atomic mass is 16.7. The molecule has 26 heavy (non-hydrogen) atoms. The van der Waals surface area contributed by atoms with Gasteiger partial charge in [0.2, 0.25) is 6.79 Å². The van der Waals surface area contributed by atoms with Crippen LogP contribution in [0.25, 0.3) is 0 Å². The van der Waals surface area contributed by atoms with Gasteiger partial charge in [0.25, 0.3) is 5.91 Å². The molecule has 4 rings (SSSR count). The molecule has 0 spiro atoms. The fourth-order valence-electron chi connectivity index (χ4n) is 3.35. The number of benzene rings is 2. The Labute approximate surface area is 154 Å². The molecular weight excluding hydrogens is 326 g/mol. The topological polar surface area (TPSA) is 38.8 Å². The van der Waals surface area contributed by atoms with Crippen molar-refractivity contribution in [2.24, 2.45) is 0 Å². The van der Waals surface area contributed by atoms with Gasteiger partial charge in [-0.1, -0.05) is 31.5 Å². The van der Waals surface area contributed by atoms with E-state index in [1.165, 1.54) is 18.4 Å². The maximum Gasteiger partial charge on any atom is 0.254 e. The molecule has 0 saturated heterocycles. The second kappa shape index (κ2) is 7.40. The number of carbonyl (C=O) groups is 1. The Morgan fingerprint density at radius 3 is 2.50 bits per heavy atom. The Morgan fingerprint density at radius 2 is 1.77 bits per heavy atom. The predicted octanol–water partition coefficient (Wildman–Crippen LogP) is 4.56. The zero-order valence-corrected chi connectivity index (χ0v) is 15.2. The summed E-state index contributed by atoms with van der Waals surface area (Å²) in [6.07, 6.45) is 5.63. The molecule has 1 saturated carbocycles. The average Bonchev–Trinajstić information content (AvgIpc) is 3.41. The van der Waals surface area contributed by atoms with Crippen LogP contribution in [-0.4, -0.2) is 23.6 Å². The van der Waals surface area contributed by atoms with E-state index in [0.717, 1.165) is 41.9 Å². The van der Waals surface area contributed by atoms with Gasteiger partial charge >= 0.3 is 0 Å². The third-order valence-corrected chi connectivity index (χ3v) is 5.06. The summed E-state index contributed by atoms with van der Waals surface area (Å²) >= 11 is 0. The number of aryl methyl sites for hydroxylation is 1. The molecule has 2 aromatic rings. The lowest BCUT2D eigenvalue weighted by molar-refractivity contribution is 0.0729. The van der Waals surface area contributed by atoms with Crippen LogP contribution in [0.1, 0.15) is 54.1 Å². The van der Waals surface area contributed by atoms with Crippen molar-refractivity contribution < 1.29 is 14.3 Å². The van der Waals surface area contributed by atoms with E-state index < -0.39 is 0 Å². The monoisotopic (exact) mass is 351 g/mol. The van der Waals surface area contributed by atoms with Crippen LogP contribution in [-0.2, 0) is 13.0 Å². The summed E-state index contributed by atoms with van der Waals surface area (Å²) < 4.78 is 10.8. The summed E-state index contributed by atoms with van der Waals surface area (Å²) in [4.78, 5) is 15.1. The first-order valence-corrected chi connectivity index (χ1v) is 9.53. The van der Waals surface area contributed by atoms with E-state index in [1.807, 2.05) is 35.2 Å². The first-order chi connectivity index (χ1) is 12.7. The van der Waals surface area contributed by atoms with Crippen LogP contribution in [0.5, 0.6) is 11.5 Å². The predicted molar refractivity (Wildman–Crippen MR) is 101 cm³/mol. The standard InChI is InChI=1S/C22H25NO3/c1-2-3-4-16-5-8-18(9-6-16)22(24)23(19-10-11-19)14-17-7-12-20-21(13-17)26-15-25-20/h5-9,12-13,19H,2-4,10-11,14-15H2,1H3. The van der Waals surface area contributed by atoms with Crippen molar-refractivity contribution in [3.05, 3.63) is 59.2 Å². The Kier molecular flexibility index (Phi) is 4.83. The summed E-state index contributed by atoms with van der Waals surface area (Å²) in [6.45, 7) is 3.08. The van der Waals surface area contributed by atoms with Crippen LogP contribution in [0.3, 0.4) is 0 Å². The molecule has 1 aliphatic carbocycles. The minimum absolute atomic E-state index is 0.118. The third-order valence-electron chi connectivity index (χ3n) is 5.06. The zero-order valence-electron chi connectivity index (χ0n) is 15.2. The third kappa shape index (κ3) is 3.69. The van der Waals surface area contributed by atoms with Gasteiger partial charge in [0, 0.05) is 18.2 Å². The number of nitrogens with zero attached hydrogens (tertiary/aromatic N) is 1. The molecule has 2 aromatic carbocycles. The molecule has 1 amide bonds. The number of rotatable bonds is 7. The normalized spacial score (nSPS) is 15.1. The van der Waals surface area contributed by atoms with E-state index in [1.54, 1.807) is 0 Å². The van der Waals surface area contributed by atoms with E-state index in [-0.39, 0.29) is 12.7 Å². The molecular formula is C22H25NO3. The Bertz CT molecular complexity index is 780. The highest BCUT2D eigenvalue weighted by molar-refractivity contribution is 5.94. The lowest BCUT2D eigenvalue weighted by Crippen LogP contribution is -2.32. The molecule has 0 aromatic heterocycles. The molecule has 4 heteroatoms. The second-order valence-electron chi connectivity index (χ2n) is 7.15. The van der Waals surface area contributed by atoms with E-state index in [2.05, 4.69) is 19.1 Å². The second-order valence-corrected chi connectivity index (χ2v) is 7.15. The maximum atomic E-state index is 13.1. The van der Waals surface area contributed by atoms with Gasteiger partial charge in [0.15, 0.2) is 11.5 Å². The SMILES string of the molecule is CCCCc1ccc(C(=O)N(Cc2ccc3c(c2)OCO3)C2CC2)cc1. The molecule has 0 radical (unpaired) electrons. The van der Waals surface area contributed by atoms with Crippen LogP contribution in [0.4, 0.5) is 0 Å². The average molecular weight is 351 g/mol. The van der Waals surface area contributed by atoms with Gasteiger partial charge in [-0.2, -0.15) is 0 Å². The van der Waals surface area contributed by atoms with Gasteiger partial charge in [-0.25, -0.2) is 0 Å². The van der Waals surface area contributed by atoms with Crippen LogP contribution in [0.2, 0.25) is 0 Å². The van der Waals surface area contributed by atoms with E-state index in [0.29, 0.717) is 12.6 Å². The van der Waals surface area contributed by atoms with Crippen molar-refractivity contribution >= 4 is 5.91 Å². The van der Waals surface area contributed by atoms with Gasteiger partial charge in [-0.15, -0.1) is 0 Å². The number of carbonyl (C=O) groups excluding carboxylic acids is 1. The fourth-order valence-corrected chi connectivity index (χ4v) is 3.35. The summed E-state index contributed by atoms with van der Waals surface area (Å²) in [7, 11) is 0. The molecule has 1 fully saturated rings. The maximum absolute atomic E-state index is 13.1. The first kappa shape index (κ1) is 17.0. The van der Waals surface area contributed by atoms with Crippen molar-refractivity contribution in [3.63, 3.8) is 0 Å². The largest absolute Gasteiger partial charge is 0.454 e. The highest BCUT2D eigenvalue weighted by Crippen LogP contribution is 2.35. The van der Waals surface area contributed by atoms with Crippen LogP contribution in [0, 0.1) is 0 Å². The minimum atomic E-state index is 0.118. The molecule has 0 unspecified atom stereocenters. The smallest absolute Gasteiger partial charge is 0.254 e. The molecule has 2 aliphatic rings. The van der Waals surface area contributed by atoms with Crippen molar-refractivity contribution in [1.82, 2.24) is 4.90 Å². The van der Waals surface area contributed by atoms with Crippen molar-refractivity contribution in [2.45, 2.75) is 51.6 Å². The highest BCUT2D eigenvalue weighted by Gasteiger charge is 2.33. The molecule has 4 nitrogen and oxygen atoms in total. The zero-order chi connectivity index (χ0) is 17.9. The number of hydrogen-bond donors (Lipinski definition) is 0. The minimum Gasteiger partial charge on any atom is -0.454 e. The quantitative estimate of drug-likeness (QED) is 0.734. The number of hydrogen-bond acceptors (Lipinski definition) is 3. The summed E-state index contributed by atoms with van der Waals surface area (Å²) in [5.41, 5.74) is 3.16. The van der Waals surface area contributed by atoms with Crippen molar-refractivity contribution in [2.75, 3.05) is 6.79 Å². The summed E-state index contributed by atoms with van der Waals surface area (Å²) in [5, 5.41) is 0. The molecule has 0 bridgehead atoms. The van der Waals surface area contributed by atoms with Gasteiger partial charge in [0.1, 0.15) is 0 Å². The number of ether oxygens (including phenoxy) is 2. The van der Waals surface area contributed by atoms with Gasteiger partial charge in [-0.05, 0) is 61.1 Å². The van der Waals surface area contributed by atoms with Gasteiger partial charge in [0.05, 0.1) is 0 Å². The van der Waals surface area contributed by atoms with Gasteiger partial charge in [-0.3, -0.25) is 4.79 Å². The van der Waals surface area contributed by atoms with E-state index >= 15 is 0 Å². The molecule has 1 heterocycles. The van der Waals surface area contributed by atoms with Crippen molar-refractivity contribution in [1.29, 1.82) is 0 Å². The van der Waals surface area contributed by atoms with Crippen molar-refractivity contribution in [3.8, 4) is 11.5 Å². The number of amides is 1. The molecule has 1 aliphatic heterocycles. The summed E-state index contributed by atoms with van der Waals surface area (Å²) in [6, 6.07) is 14.4. The molecule has 0 N–H and O–H groups in total. The Morgan fingerprint density at radius 1 is 1.04 bits per heavy atom. The lowest BCUT2D eigenvalue weighted by atomic mass is 10.1. The number of fused-ring (bicyclic) bond motifs is 1.